The fourth-order valence-corrected chi connectivity index (χ4v) is 1.57. The summed E-state index contributed by atoms with van der Waals surface area (Å²) < 4.78 is 17.1. The Bertz CT molecular complexity index is 324. The standard InChI is InChI=1S/C6H6BFO4S/c1-12-6(9)5-3(8)2-4(13-5)7(10)11/h2,10-11H,1H3. The molecule has 0 fully saturated rings. The van der Waals surface area contributed by atoms with Crippen LogP contribution in [0, 0.1) is 5.82 Å². The molecule has 0 unspecified atom stereocenters. The van der Waals surface area contributed by atoms with Crippen molar-refractivity contribution >= 4 is 29.2 Å². The lowest BCUT2D eigenvalue weighted by Gasteiger charge is -1.93. The van der Waals surface area contributed by atoms with Gasteiger partial charge in [0.05, 0.1) is 7.11 Å². The molecule has 1 heterocycles. The molecule has 4 nitrogen and oxygen atoms in total. The zero-order chi connectivity index (χ0) is 10.0. The van der Waals surface area contributed by atoms with Crippen molar-refractivity contribution in [2.24, 2.45) is 0 Å². The van der Waals surface area contributed by atoms with Crippen LogP contribution < -0.4 is 4.78 Å². The molecule has 2 N–H and O–H groups in total. The number of esters is 1. The van der Waals surface area contributed by atoms with Crippen LogP contribution in [0.25, 0.3) is 0 Å². The first-order chi connectivity index (χ1) is 6.06. The van der Waals surface area contributed by atoms with Gasteiger partial charge in [-0.05, 0) is 6.07 Å². The van der Waals surface area contributed by atoms with E-state index >= 15 is 0 Å². The first-order valence-corrected chi connectivity index (χ1v) is 4.11. The van der Waals surface area contributed by atoms with Crippen molar-refractivity contribution in [3.05, 3.63) is 16.8 Å². The molecule has 13 heavy (non-hydrogen) atoms. The summed E-state index contributed by atoms with van der Waals surface area (Å²) in [6.45, 7) is 0. The third-order valence-corrected chi connectivity index (χ3v) is 2.46. The quantitative estimate of drug-likeness (QED) is 0.496. The predicted octanol–water partition coefficient (Wildman–Crippen LogP) is -0.646. The van der Waals surface area contributed by atoms with E-state index in [1.165, 1.54) is 0 Å². The van der Waals surface area contributed by atoms with Gasteiger partial charge in [0, 0.05) is 4.78 Å². The Morgan fingerprint density at radius 3 is 2.69 bits per heavy atom. The number of halogens is 1. The van der Waals surface area contributed by atoms with E-state index in [9.17, 15) is 9.18 Å². The van der Waals surface area contributed by atoms with E-state index in [-0.39, 0.29) is 9.65 Å². The minimum atomic E-state index is -1.77. The van der Waals surface area contributed by atoms with E-state index in [2.05, 4.69) is 4.74 Å². The molecule has 0 spiro atoms. The smallest absolute Gasteiger partial charge is 0.465 e. The first kappa shape index (κ1) is 10.2. The number of hydrogen-bond acceptors (Lipinski definition) is 5. The molecule has 0 atom stereocenters. The Hall–Kier alpha value is -0.915. The molecule has 1 rings (SSSR count). The highest BCUT2D eigenvalue weighted by molar-refractivity contribution is 7.23. The van der Waals surface area contributed by atoms with Crippen molar-refractivity contribution in [2.45, 2.75) is 0 Å². The minimum absolute atomic E-state index is 0.0297. The summed E-state index contributed by atoms with van der Waals surface area (Å²) >= 11 is 0.651. The SMILES string of the molecule is COC(=O)c1sc(B(O)O)cc1F. The van der Waals surface area contributed by atoms with Gasteiger partial charge in [-0.2, -0.15) is 0 Å². The number of thiophene rings is 1. The van der Waals surface area contributed by atoms with Crippen LogP contribution in [0.5, 0.6) is 0 Å². The Labute approximate surface area is 77.7 Å². The largest absolute Gasteiger partial charge is 0.499 e. The molecule has 0 radical (unpaired) electrons. The van der Waals surface area contributed by atoms with Gasteiger partial charge in [0.2, 0.25) is 0 Å². The van der Waals surface area contributed by atoms with Crippen LogP contribution in [0.15, 0.2) is 6.07 Å². The Morgan fingerprint density at radius 2 is 2.31 bits per heavy atom. The van der Waals surface area contributed by atoms with Crippen molar-refractivity contribution in [3.63, 3.8) is 0 Å². The second kappa shape index (κ2) is 3.86. The van der Waals surface area contributed by atoms with Crippen LogP contribution in [-0.2, 0) is 4.74 Å². The van der Waals surface area contributed by atoms with Crippen molar-refractivity contribution in [1.82, 2.24) is 0 Å². The lowest BCUT2D eigenvalue weighted by molar-refractivity contribution is 0.0601. The third kappa shape index (κ3) is 2.06. The van der Waals surface area contributed by atoms with Gasteiger partial charge in [-0.15, -0.1) is 11.3 Å². The molecule has 0 aliphatic heterocycles. The molecule has 0 bridgehead atoms. The van der Waals surface area contributed by atoms with Gasteiger partial charge in [-0.3, -0.25) is 0 Å². The zero-order valence-electron chi connectivity index (χ0n) is 6.65. The van der Waals surface area contributed by atoms with Crippen molar-refractivity contribution in [2.75, 3.05) is 7.11 Å². The number of carbonyl (C=O) groups excluding carboxylic acids is 1. The number of carbonyl (C=O) groups is 1. The van der Waals surface area contributed by atoms with Crippen LogP contribution in [-0.4, -0.2) is 30.2 Å². The summed E-state index contributed by atoms with van der Waals surface area (Å²) in [5, 5.41) is 17.3. The van der Waals surface area contributed by atoms with E-state index in [1.807, 2.05) is 0 Å². The lowest BCUT2D eigenvalue weighted by Crippen LogP contribution is -2.26. The normalized spacial score (nSPS) is 9.85. The molecule has 0 saturated heterocycles. The average molecular weight is 204 g/mol. The topological polar surface area (TPSA) is 66.8 Å². The maximum atomic E-state index is 12.9. The molecular formula is C6H6BFO4S. The van der Waals surface area contributed by atoms with Crippen molar-refractivity contribution in [1.29, 1.82) is 0 Å². The molecule has 1 aromatic rings. The van der Waals surface area contributed by atoms with E-state index in [1.54, 1.807) is 0 Å². The summed E-state index contributed by atoms with van der Waals surface area (Å²) in [7, 11) is -0.644. The van der Waals surface area contributed by atoms with E-state index in [0.717, 1.165) is 13.2 Å². The summed E-state index contributed by atoms with van der Waals surface area (Å²) in [6, 6.07) is 0.890. The average Bonchev–Trinajstić information content (AvgIpc) is 2.46. The molecule has 0 amide bonds. The van der Waals surface area contributed by atoms with Crippen LogP contribution in [0.3, 0.4) is 0 Å². The van der Waals surface area contributed by atoms with Crippen LogP contribution >= 0.6 is 11.3 Å². The predicted molar refractivity (Wildman–Crippen MR) is 45.4 cm³/mol. The van der Waals surface area contributed by atoms with Crippen LogP contribution in [0.1, 0.15) is 9.67 Å². The molecule has 0 saturated carbocycles. The Kier molecular flexibility index (Phi) is 3.02. The summed E-state index contributed by atoms with van der Waals surface area (Å²) in [5.41, 5.74) is 0. The molecule has 0 aliphatic rings. The maximum absolute atomic E-state index is 12.9. The highest BCUT2D eigenvalue weighted by Crippen LogP contribution is 2.14. The number of rotatable bonds is 2. The summed E-state index contributed by atoms with van der Waals surface area (Å²) in [4.78, 5) is 10.6. The summed E-state index contributed by atoms with van der Waals surface area (Å²) in [5.74, 6) is -1.63. The Morgan fingerprint density at radius 1 is 1.69 bits per heavy atom. The van der Waals surface area contributed by atoms with E-state index in [0.29, 0.717) is 11.3 Å². The second-order valence-electron chi connectivity index (χ2n) is 2.19. The highest BCUT2D eigenvalue weighted by atomic mass is 32.1. The van der Waals surface area contributed by atoms with Crippen LogP contribution in [0.4, 0.5) is 4.39 Å². The first-order valence-electron chi connectivity index (χ1n) is 3.30. The van der Waals surface area contributed by atoms with Gasteiger partial charge in [0.25, 0.3) is 0 Å². The van der Waals surface area contributed by atoms with Gasteiger partial charge >= 0.3 is 13.1 Å². The fraction of sp³-hybridized carbons (Fsp3) is 0.167. The van der Waals surface area contributed by atoms with Gasteiger partial charge in [-0.1, -0.05) is 0 Å². The number of ether oxygens (including phenoxy) is 1. The zero-order valence-corrected chi connectivity index (χ0v) is 7.47. The van der Waals surface area contributed by atoms with E-state index in [4.69, 9.17) is 10.0 Å². The molecule has 0 aliphatic carbocycles. The third-order valence-electron chi connectivity index (χ3n) is 1.33. The molecule has 70 valence electrons. The molecule has 0 aromatic carbocycles. The van der Waals surface area contributed by atoms with Gasteiger partial charge in [0.15, 0.2) is 0 Å². The monoisotopic (exact) mass is 204 g/mol. The fourth-order valence-electron chi connectivity index (χ4n) is 0.746. The van der Waals surface area contributed by atoms with Crippen LogP contribution in [0.2, 0.25) is 0 Å². The van der Waals surface area contributed by atoms with E-state index < -0.39 is 18.9 Å². The number of methoxy groups -OCH3 is 1. The molecule has 1 aromatic heterocycles. The lowest BCUT2D eigenvalue weighted by atomic mass is 9.90. The molecular weight excluding hydrogens is 198 g/mol. The second-order valence-corrected chi connectivity index (χ2v) is 3.27. The van der Waals surface area contributed by atoms with Gasteiger partial charge < -0.3 is 14.8 Å². The number of hydrogen-bond donors (Lipinski definition) is 2. The van der Waals surface area contributed by atoms with Gasteiger partial charge in [-0.25, -0.2) is 9.18 Å². The molecule has 7 heteroatoms. The Balaban J connectivity index is 3.03. The van der Waals surface area contributed by atoms with Crippen molar-refractivity contribution < 1.29 is 24.0 Å². The van der Waals surface area contributed by atoms with Crippen molar-refractivity contribution in [3.8, 4) is 0 Å². The minimum Gasteiger partial charge on any atom is -0.465 e. The maximum Gasteiger partial charge on any atom is 0.499 e. The van der Waals surface area contributed by atoms with Gasteiger partial charge in [0.1, 0.15) is 10.7 Å². The highest BCUT2D eigenvalue weighted by Gasteiger charge is 2.22. The summed E-state index contributed by atoms with van der Waals surface area (Å²) in [6.07, 6.45) is 0.